The summed E-state index contributed by atoms with van der Waals surface area (Å²) in [6, 6.07) is 1.98. The number of hydrogen-bond acceptors (Lipinski definition) is 5. The minimum absolute atomic E-state index is 0.0755. The van der Waals surface area contributed by atoms with E-state index in [0.717, 1.165) is 26.2 Å². The van der Waals surface area contributed by atoms with Gasteiger partial charge >= 0.3 is 0 Å². The molecule has 102 valence electrons. The number of nitrogens with one attached hydrogen (secondary N) is 2. The number of nitriles is 1. The minimum atomic E-state index is -0.0755. The van der Waals surface area contributed by atoms with E-state index in [-0.39, 0.29) is 18.6 Å². The van der Waals surface area contributed by atoms with Gasteiger partial charge in [0.15, 0.2) is 0 Å². The molecule has 0 aliphatic carbocycles. The molecule has 6 heteroatoms. The fourth-order valence-electron chi connectivity index (χ4n) is 1.86. The molecule has 1 aliphatic heterocycles. The third-order valence-electron chi connectivity index (χ3n) is 2.89. The number of carbonyl (C=O) groups is 1. The van der Waals surface area contributed by atoms with Gasteiger partial charge in [-0.3, -0.25) is 9.69 Å². The van der Waals surface area contributed by atoms with Crippen molar-refractivity contribution in [2.45, 2.75) is 19.4 Å². The molecule has 1 heterocycles. The summed E-state index contributed by atoms with van der Waals surface area (Å²) in [5.41, 5.74) is 0. The molecule has 18 heavy (non-hydrogen) atoms. The van der Waals surface area contributed by atoms with Crippen LogP contribution in [0.15, 0.2) is 0 Å². The third kappa shape index (κ3) is 5.96. The van der Waals surface area contributed by atoms with Crippen LogP contribution in [0.4, 0.5) is 0 Å². The van der Waals surface area contributed by atoms with Gasteiger partial charge in [0.25, 0.3) is 0 Å². The molecule has 1 fully saturated rings. The number of rotatable bonds is 7. The van der Waals surface area contributed by atoms with Gasteiger partial charge in [-0.2, -0.15) is 5.26 Å². The second-order valence-corrected chi connectivity index (χ2v) is 4.27. The van der Waals surface area contributed by atoms with Gasteiger partial charge in [-0.15, -0.1) is 0 Å². The SMILES string of the molecule is CCN1CCOC(CNCC(=O)NCCC#N)C1. The maximum Gasteiger partial charge on any atom is 0.233 e. The first-order chi connectivity index (χ1) is 8.76. The largest absolute Gasteiger partial charge is 0.374 e. The van der Waals surface area contributed by atoms with E-state index in [9.17, 15) is 4.79 Å². The molecule has 0 spiro atoms. The molecule has 1 unspecified atom stereocenters. The van der Waals surface area contributed by atoms with Gasteiger partial charge < -0.3 is 15.4 Å². The molecule has 0 aromatic heterocycles. The molecular weight excluding hydrogens is 232 g/mol. The van der Waals surface area contributed by atoms with Crippen molar-refractivity contribution in [2.75, 3.05) is 45.9 Å². The van der Waals surface area contributed by atoms with Crippen molar-refractivity contribution in [2.24, 2.45) is 0 Å². The Bertz CT molecular complexity index is 290. The number of ether oxygens (including phenoxy) is 1. The fraction of sp³-hybridized carbons (Fsp3) is 0.833. The lowest BCUT2D eigenvalue weighted by molar-refractivity contribution is -0.120. The zero-order chi connectivity index (χ0) is 13.2. The average Bonchev–Trinajstić information content (AvgIpc) is 2.39. The summed E-state index contributed by atoms with van der Waals surface area (Å²) < 4.78 is 5.61. The van der Waals surface area contributed by atoms with Crippen LogP contribution < -0.4 is 10.6 Å². The molecule has 0 saturated carbocycles. The number of likely N-dealkylation sites (N-methyl/N-ethyl adjacent to an activating group) is 1. The summed E-state index contributed by atoms with van der Waals surface area (Å²) in [5, 5.41) is 14.1. The molecule has 6 nitrogen and oxygen atoms in total. The molecule has 0 bridgehead atoms. The molecule has 1 aliphatic rings. The summed E-state index contributed by atoms with van der Waals surface area (Å²) in [6.07, 6.45) is 0.508. The standard InChI is InChI=1S/C12H22N4O2/c1-2-16-6-7-18-11(10-16)8-14-9-12(17)15-5-3-4-13/h11,14H,2-3,5-10H2,1H3,(H,15,17). The Hall–Kier alpha value is -1.16. The number of amides is 1. The van der Waals surface area contributed by atoms with Crippen LogP contribution in [-0.2, 0) is 9.53 Å². The van der Waals surface area contributed by atoms with Gasteiger partial charge in [0, 0.05) is 26.2 Å². The molecule has 1 saturated heterocycles. The normalized spacial score (nSPS) is 20.3. The predicted octanol–water partition coefficient (Wildman–Crippen LogP) is -0.673. The zero-order valence-corrected chi connectivity index (χ0v) is 10.9. The summed E-state index contributed by atoms with van der Waals surface area (Å²) >= 11 is 0. The zero-order valence-electron chi connectivity index (χ0n) is 10.9. The molecule has 2 N–H and O–H groups in total. The number of carbonyl (C=O) groups excluding carboxylic acids is 1. The fourth-order valence-corrected chi connectivity index (χ4v) is 1.86. The molecule has 0 aromatic rings. The second kappa shape index (κ2) is 8.86. The van der Waals surface area contributed by atoms with Gasteiger partial charge in [-0.05, 0) is 6.54 Å². The monoisotopic (exact) mass is 254 g/mol. The molecule has 1 atom stereocenters. The van der Waals surface area contributed by atoms with Crippen molar-refractivity contribution in [3.63, 3.8) is 0 Å². The average molecular weight is 254 g/mol. The van der Waals surface area contributed by atoms with E-state index in [2.05, 4.69) is 22.5 Å². The highest BCUT2D eigenvalue weighted by Gasteiger charge is 2.18. The lowest BCUT2D eigenvalue weighted by Gasteiger charge is -2.32. The number of hydrogen-bond donors (Lipinski definition) is 2. The predicted molar refractivity (Wildman–Crippen MR) is 68.0 cm³/mol. The van der Waals surface area contributed by atoms with Crippen LogP contribution in [0.25, 0.3) is 0 Å². The highest BCUT2D eigenvalue weighted by Crippen LogP contribution is 2.03. The Morgan fingerprint density at radius 2 is 2.44 bits per heavy atom. The number of nitrogens with zero attached hydrogens (tertiary/aromatic N) is 2. The second-order valence-electron chi connectivity index (χ2n) is 4.27. The van der Waals surface area contributed by atoms with Crippen LogP contribution >= 0.6 is 0 Å². The minimum Gasteiger partial charge on any atom is -0.374 e. The van der Waals surface area contributed by atoms with Crippen LogP contribution in [0, 0.1) is 11.3 Å². The van der Waals surface area contributed by atoms with Crippen molar-refractivity contribution in [1.29, 1.82) is 5.26 Å². The first kappa shape index (κ1) is 14.9. The molecule has 0 radical (unpaired) electrons. The maximum atomic E-state index is 11.3. The number of morpholine rings is 1. The van der Waals surface area contributed by atoms with Crippen LogP contribution in [0.2, 0.25) is 0 Å². The third-order valence-corrected chi connectivity index (χ3v) is 2.89. The van der Waals surface area contributed by atoms with Crippen LogP contribution in [0.5, 0.6) is 0 Å². The molecule has 1 rings (SSSR count). The van der Waals surface area contributed by atoms with Crippen LogP contribution in [0.1, 0.15) is 13.3 Å². The Balaban J connectivity index is 2.06. The van der Waals surface area contributed by atoms with Crippen LogP contribution in [-0.4, -0.2) is 62.8 Å². The first-order valence-corrected chi connectivity index (χ1v) is 6.44. The highest BCUT2D eigenvalue weighted by molar-refractivity contribution is 5.77. The lowest BCUT2D eigenvalue weighted by Crippen LogP contribution is -2.47. The summed E-state index contributed by atoms with van der Waals surface area (Å²) in [6.45, 7) is 7.21. The van der Waals surface area contributed by atoms with Crippen molar-refractivity contribution >= 4 is 5.91 Å². The van der Waals surface area contributed by atoms with E-state index in [4.69, 9.17) is 10.00 Å². The Morgan fingerprint density at radius 3 is 3.17 bits per heavy atom. The van der Waals surface area contributed by atoms with E-state index < -0.39 is 0 Å². The molecular formula is C12H22N4O2. The van der Waals surface area contributed by atoms with Crippen molar-refractivity contribution in [3.8, 4) is 6.07 Å². The lowest BCUT2D eigenvalue weighted by atomic mass is 10.2. The van der Waals surface area contributed by atoms with E-state index in [1.165, 1.54) is 0 Å². The first-order valence-electron chi connectivity index (χ1n) is 6.44. The topological polar surface area (TPSA) is 77.4 Å². The van der Waals surface area contributed by atoms with Crippen molar-refractivity contribution in [3.05, 3.63) is 0 Å². The maximum absolute atomic E-state index is 11.3. The van der Waals surface area contributed by atoms with Crippen LogP contribution in [0.3, 0.4) is 0 Å². The summed E-state index contributed by atoms with van der Waals surface area (Å²) in [5.74, 6) is -0.0755. The summed E-state index contributed by atoms with van der Waals surface area (Å²) in [4.78, 5) is 13.7. The highest BCUT2D eigenvalue weighted by atomic mass is 16.5. The van der Waals surface area contributed by atoms with Gasteiger partial charge in [-0.1, -0.05) is 6.92 Å². The summed E-state index contributed by atoms with van der Waals surface area (Å²) in [7, 11) is 0. The van der Waals surface area contributed by atoms with E-state index in [0.29, 0.717) is 19.5 Å². The van der Waals surface area contributed by atoms with E-state index >= 15 is 0 Å². The molecule has 1 amide bonds. The van der Waals surface area contributed by atoms with E-state index in [1.54, 1.807) is 0 Å². The van der Waals surface area contributed by atoms with Gasteiger partial charge in [-0.25, -0.2) is 0 Å². The van der Waals surface area contributed by atoms with Crippen molar-refractivity contribution < 1.29 is 9.53 Å². The van der Waals surface area contributed by atoms with Gasteiger partial charge in [0.2, 0.25) is 5.91 Å². The quantitative estimate of drug-likeness (QED) is 0.589. The Morgan fingerprint density at radius 1 is 1.61 bits per heavy atom. The van der Waals surface area contributed by atoms with Crippen molar-refractivity contribution in [1.82, 2.24) is 15.5 Å². The van der Waals surface area contributed by atoms with Gasteiger partial charge in [0.1, 0.15) is 0 Å². The molecule has 0 aromatic carbocycles. The Labute approximate surface area is 108 Å². The van der Waals surface area contributed by atoms with E-state index in [1.807, 2.05) is 6.07 Å². The Kier molecular flexibility index (Phi) is 7.34. The smallest absolute Gasteiger partial charge is 0.233 e. The van der Waals surface area contributed by atoms with Gasteiger partial charge in [0.05, 0.1) is 31.7 Å².